The van der Waals surface area contributed by atoms with Crippen molar-refractivity contribution in [1.82, 2.24) is 0 Å². The number of allylic oxidation sites excluding steroid dienone is 1. The molecule has 0 radical (unpaired) electrons. The standard InChI is InChI=1S/C19H34O/c1-3-4-11-17(2)12-8-6-5-7-9-13-18-14-10-15-19(20)16-18/h18H,2-16H2,1H3. The molecule has 1 saturated carbocycles. The fraction of sp³-hybridized carbons (Fsp3) is 0.842. The normalized spacial score (nSPS) is 19.2. The summed E-state index contributed by atoms with van der Waals surface area (Å²) in [5, 5.41) is 0. The van der Waals surface area contributed by atoms with Crippen LogP contribution in [0.25, 0.3) is 0 Å². The maximum atomic E-state index is 11.4. The average molecular weight is 278 g/mol. The smallest absolute Gasteiger partial charge is 0.133 e. The lowest BCUT2D eigenvalue weighted by Gasteiger charge is -2.20. The monoisotopic (exact) mass is 278 g/mol. The van der Waals surface area contributed by atoms with E-state index in [9.17, 15) is 4.79 Å². The van der Waals surface area contributed by atoms with E-state index in [0.717, 1.165) is 19.3 Å². The van der Waals surface area contributed by atoms with Crippen LogP contribution in [-0.2, 0) is 4.79 Å². The number of carbonyl (C=O) groups excluding carboxylic acids is 1. The Morgan fingerprint density at radius 2 is 1.80 bits per heavy atom. The molecule has 0 bridgehead atoms. The number of rotatable bonds is 11. The molecule has 0 aromatic heterocycles. The summed E-state index contributed by atoms with van der Waals surface area (Å²) < 4.78 is 0. The first-order chi connectivity index (χ1) is 9.72. The quantitative estimate of drug-likeness (QED) is 0.324. The Kier molecular flexibility index (Phi) is 9.70. The fourth-order valence-corrected chi connectivity index (χ4v) is 3.25. The van der Waals surface area contributed by atoms with Crippen LogP contribution in [0.2, 0.25) is 0 Å². The van der Waals surface area contributed by atoms with E-state index in [-0.39, 0.29) is 0 Å². The van der Waals surface area contributed by atoms with Crippen LogP contribution in [0.3, 0.4) is 0 Å². The van der Waals surface area contributed by atoms with Crippen molar-refractivity contribution in [3.8, 4) is 0 Å². The molecule has 1 nitrogen and oxygen atoms in total. The Morgan fingerprint density at radius 3 is 2.55 bits per heavy atom. The highest BCUT2D eigenvalue weighted by Crippen LogP contribution is 2.26. The Labute approximate surface area is 126 Å². The van der Waals surface area contributed by atoms with Gasteiger partial charge in [0.05, 0.1) is 0 Å². The summed E-state index contributed by atoms with van der Waals surface area (Å²) in [5.74, 6) is 1.22. The Hall–Kier alpha value is -0.590. The molecule has 0 N–H and O–H groups in total. The van der Waals surface area contributed by atoms with Gasteiger partial charge in [-0.2, -0.15) is 0 Å². The van der Waals surface area contributed by atoms with Gasteiger partial charge >= 0.3 is 0 Å². The van der Waals surface area contributed by atoms with Gasteiger partial charge in [0.25, 0.3) is 0 Å². The minimum absolute atomic E-state index is 0.506. The van der Waals surface area contributed by atoms with Crippen molar-refractivity contribution >= 4 is 5.78 Å². The number of Topliss-reactive ketones (excluding diaryl/α,β-unsaturated/α-hetero) is 1. The zero-order valence-electron chi connectivity index (χ0n) is 13.6. The minimum atomic E-state index is 0.506. The van der Waals surface area contributed by atoms with Gasteiger partial charge in [-0.3, -0.25) is 4.79 Å². The van der Waals surface area contributed by atoms with E-state index in [1.165, 1.54) is 76.2 Å². The second-order valence-corrected chi connectivity index (χ2v) is 6.66. The van der Waals surface area contributed by atoms with Gasteiger partial charge in [0.2, 0.25) is 0 Å². The lowest BCUT2D eigenvalue weighted by atomic mass is 9.85. The maximum Gasteiger partial charge on any atom is 0.133 e. The predicted molar refractivity (Wildman–Crippen MR) is 87.9 cm³/mol. The molecule has 0 heterocycles. The van der Waals surface area contributed by atoms with Gasteiger partial charge in [0, 0.05) is 12.8 Å². The Bertz CT molecular complexity index is 279. The third-order valence-corrected chi connectivity index (χ3v) is 4.61. The molecule has 0 aliphatic heterocycles. The lowest BCUT2D eigenvalue weighted by Crippen LogP contribution is -2.14. The second-order valence-electron chi connectivity index (χ2n) is 6.66. The first-order valence-electron chi connectivity index (χ1n) is 8.90. The van der Waals surface area contributed by atoms with Gasteiger partial charge in [-0.25, -0.2) is 0 Å². The Morgan fingerprint density at radius 1 is 1.10 bits per heavy atom. The van der Waals surface area contributed by atoms with Gasteiger partial charge in [0.15, 0.2) is 0 Å². The van der Waals surface area contributed by atoms with Crippen LogP contribution >= 0.6 is 0 Å². The number of carbonyl (C=O) groups is 1. The molecule has 0 amide bonds. The maximum absolute atomic E-state index is 11.4. The van der Waals surface area contributed by atoms with Crippen LogP contribution in [0, 0.1) is 5.92 Å². The molecule has 1 heteroatoms. The van der Waals surface area contributed by atoms with E-state index >= 15 is 0 Å². The largest absolute Gasteiger partial charge is 0.300 e. The molecule has 0 aromatic carbocycles. The molecule has 0 aromatic rings. The molecule has 1 aliphatic rings. The van der Waals surface area contributed by atoms with Crippen molar-refractivity contribution in [2.75, 3.05) is 0 Å². The first-order valence-corrected chi connectivity index (χ1v) is 8.90. The summed E-state index contributed by atoms with van der Waals surface area (Å²) in [6.07, 6.45) is 17.2. The molecule has 1 atom stereocenters. The summed E-state index contributed by atoms with van der Waals surface area (Å²) in [7, 11) is 0. The SMILES string of the molecule is C=C(CCCC)CCCCCCCC1CCCC(=O)C1. The van der Waals surface area contributed by atoms with Crippen molar-refractivity contribution < 1.29 is 4.79 Å². The lowest BCUT2D eigenvalue weighted by molar-refractivity contribution is -0.121. The molecule has 1 fully saturated rings. The molecule has 1 rings (SSSR count). The van der Waals surface area contributed by atoms with E-state index in [1.54, 1.807) is 0 Å². The highest BCUT2D eigenvalue weighted by molar-refractivity contribution is 5.79. The number of hydrogen-bond donors (Lipinski definition) is 0. The fourth-order valence-electron chi connectivity index (χ4n) is 3.25. The van der Waals surface area contributed by atoms with E-state index in [4.69, 9.17) is 0 Å². The number of hydrogen-bond acceptors (Lipinski definition) is 1. The molecular weight excluding hydrogens is 244 g/mol. The summed E-state index contributed by atoms with van der Waals surface area (Å²) in [6.45, 7) is 6.41. The van der Waals surface area contributed by atoms with Crippen molar-refractivity contribution in [1.29, 1.82) is 0 Å². The van der Waals surface area contributed by atoms with Crippen LogP contribution < -0.4 is 0 Å². The zero-order chi connectivity index (χ0) is 14.6. The number of unbranched alkanes of at least 4 members (excludes halogenated alkanes) is 5. The Balaban J connectivity index is 1.87. The van der Waals surface area contributed by atoms with Crippen molar-refractivity contribution in [3.05, 3.63) is 12.2 Å². The second kappa shape index (κ2) is 11.1. The molecule has 0 spiro atoms. The van der Waals surface area contributed by atoms with Gasteiger partial charge in [0.1, 0.15) is 5.78 Å². The summed E-state index contributed by atoms with van der Waals surface area (Å²) in [4.78, 5) is 11.4. The molecule has 1 aliphatic carbocycles. The van der Waals surface area contributed by atoms with Gasteiger partial charge < -0.3 is 0 Å². The van der Waals surface area contributed by atoms with Gasteiger partial charge in [-0.05, 0) is 44.4 Å². The third-order valence-electron chi connectivity index (χ3n) is 4.61. The van der Waals surface area contributed by atoms with Crippen molar-refractivity contribution in [2.24, 2.45) is 5.92 Å². The van der Waals surface area contributed by atoms with Crippen LogP contribution in [0.5, 0.6) is 0 Å². The van der Waals surface area contributed by atoms with Crippen LogP contribution in [0.4, 0.5) is 0 Å². The molecule has 0 saturated heterocycles. The van der Waals surface area contributed by atoms with Crippen LogP contribution in [-0.4, -0.2) is 5.78 Å². The molecule has 1 unspecified atom stereocenters. The topological polar surface area (TPSA) is 17.1 Å². The third kappa shape index (κ3) is 8.55. The zero-order valence-corrected chi connectivity index (χ0v) is 13.6. The van der Waals surface area contributed by atoms with Crippen molar-refractivity contribution in [2.45, 2.75) is 96.8 Å². The highest BCUT2D eigenvalue weighted by atomic mass is 16.1. The van der Waals surface area contributed by atoms with E-state index in [2.05, 4.69) is 13.5 Å². The van der Waals surface area contributed by atoms with Crippen LogP contribution in [0.1, 0.15) is 96.8 Å². The van der Waals surface area contributed by atoms with Crippen molar-refractivity contribution in [3.63, 3.8) is 0 Å². The highest BCUT2D eigenvalue weighted by Gasteiger charge is 2.18. The molecular formula is C19H34O. The molecule has 116 valence electrons. The number of ketones is 1. The minimum Gasteiger partial charge on any atom is -0.300 e. The summed E-state index contributed by atoms with van der Waals surface area (Å²) in [5.41, 5.74) is 1.45. The van der Waals surface area contributed by atoms with E-state index < -0.39 is 0 Å². The van der Waals surface area contributed by atoms with E-state index in [1.807, 2.05) is 0 Å². The van der Waals surface area contributed by atoms with Gasteiger partial charge in [-0.1, -0.05) is 57.6 Å². The average Bonchev–Trinajstić information content (AvgIpc) is 2.44. The summed E-state index contributed by atoms with van der Waals surface area (Å²) >= 11 is 0. The summed E-state index contributed by atoms with van der Waals surface area (Å²) in [6, 6.07) is 0. The molecule has 20 heavy (non-hydrogen) atoms. The first kappa shape index (κ1) is 17.5. The van der Waals surface area contributed by atoms with Gasteiger partial charge in [-0.15, -0.1) is 0 Å². The van der Waals surface area contributed by atoms with Crippen LogP contribution in [0.15, 0.2) is 12.2 Å². The van der Waals surface area contributed by atoms with E-state index in [0.29, 0.717) is 11.7 Å². The predicted octanol–water partition coefficient (Wildman–Crippen LogP) is 6.22.